The van der Waals surface area contributed by atoms with Gasteiger partial charge in [0.05, 0.1) is 12.7 Å². The maximum absolute atomic E-state index is 12.8. The average Bonchev–Trinajstić information content (AvgIpc) is 2.77. The highest BCUT2D eigenvalue weighted by Crippen LogP contribution is 2.39. The molecule has 0 saturated heterocycles. The van der Waals surface area contributed by atoms with Gasteiger partial charge in [-0.05, 0) is 39.6 Å². The first-order chi connectivity index (χ1) is 14.2. The number of ether oxygens (including phenoxy) is 1. The summed E-state index contributed by atoms with van der Waals surface area (Å²) in [7, 11) is 0. The van der Waals surface area contributed by atoms with Gasteiger partial charge in [-0.1, -0.05) is 84.9 Å². The van der Waals surface area contributed by atoms with Crippen molar-refractivity contribution in [2.75, 3.05) is 6.61 Å². The predicted octanol–water partition coefficient (Wildman–Crippen LogP) is 5.83. The van der Waals surface area contributed by atoms with Crippen LogP contribution in [-0.4, -0.2) is 12.6 Å². The minimum atomic E-state index is -0.938. The van der Waals surface area contributed by atoms with E-state index in [0.717, 1.165) is 32.7 Å². The molecular formula is C26H21NO2. The van der Waals surface area contributed by atoms with Crippen molar-refractivity contribution in [3.63, 3.8) is 0 Å². The molecule has 0 saturated carbocycles. The first kappa shape index (κ1) is 18.7. The van der Waals surface area contributed by atoms with Crippen molar-refractivity contribution in [2.24, 2.45) is 5.92 Å². The number of hydrogen-bond donors (Lipinski definition) is 0. The zero-order chi connectivity index (χ0) is 20.2. The molecule has 0 radical (unpaired) electrons. The normalized spacial score (nSPS) is 12.0. The van der Waals surface area contributed by atoms with E-state index in [1.807, 2.05) is 84.9 Å². The summed E-state index contributed by atoms with van der Waals surface area (Å²) in [6, 6.07) is 30.5. The van der Waals surface area contributed by atoms with E-state index < -0.39 is 17.8 Å². The van der Waals surface area contributed by atoms with E-state index in [1.54, 1.807) is 6.92 Å². The number of carbonyl (C=O) groups excluding carboxylic acids is 1. The van der Waals surface area contributed by atoms with Gasteiger partial charge in [-0.2, -0.15) is 5.26 Å². The molecule has 0 bridgehead atoms. The quantitative estimate of drug-likeness (QED) is 0.410. The molecule has 1 atom stereocenters. The second-order valence-electron chi connectivity index (χ2n) is 6.97. The van der Waals surface area contributed by atoms with Crippen LogP contribution >= 0.6 is 0 Å². The number of hydrogen-bond acceptors (Lipinski definition) is 3. The first-order valence-corrected chi connectivity index (χ1v) is 9.76. The molecular weight excluding hydrogens is 358 g/mol. The molecule has 4 rings (SSSR count). The number of benzene rings is 4. The molecule has 4 aromatic carbocycles. The summed E-state index contributed by atoms with van der Waals surface area (Å²) in [6.45, 7) is 2.01. The van der Waals surface area contributed by atoms with Gasteiger partial charge in [-0.25, -0.2) is 0 Å². The zero-order valence-corrected chi connectivity index (χ0v) is 16.2. The summed E-state index contributed by atoms with van der Waals surface area (Å²) in [6.07, 6.45) is 0. The average molecular weight is 379 g/mol. The molecule has 3 heteroatoms. The first-order valence-electron chi connectivity index (χ1n) is 9.76. The maximum atomic E-state index is 12.8. The molecule has 0 aromatic heterocycles. The van der Waals surface area contributed by atoms with Crippen LogP contribution in [0.1, 0.15) is 24.0 Å². The largest absolute Gasteiger partial charge is 0.465 e. The molecule has 142 valence electrons. The van der Waals surface area contributed by atoms with Crippen LogP contribution in [0.25, 0.3) is 21.5 Å². The number of carbonyl (C=O) groups is 1. The monoisotopic (exact) mass is 379 g/mol. The topological polar surface area (TPSA) is 50.1 Å². The molecule has 0 unspecified atom stereocenters. The van der Waals surface area contributed by atoms with Crippen molar-refractivity contribution >= 4 is 27.5 Å². The summed E-state index contributed by atoms with van der Waals surface area (Å²) in [4.78, 5) is 12.8. The van der Waals surface area contributed by atoms with Gasteiger partial charge in [0.25, 0.3) is 0 Å². The third-order valence-electron chi connectivity index (χ3n) is 5.33. The second-order valence-corrected chi connectivity index (χ2v) is 6.97. The Bertz CT molecular complexity index is 1130. The molecule has 0 aliphatic carbocycles. The molecule has 0 aliphatic heterocycles. The van der Waals surface area contributed by atoms with Gasteiger partial charge >= 0.3 is 5.97 Å². The van der Waals surface area contributed by atoms with Gasteiger partial charge in [0, 0.05) is 5.92 Å². The summed E-state index contributed by atoms with van der Waals surface area (Å²) >= 11 is 0. The molecule has 3 nitrogen and oxygen atoms in total. The standard InChI is InChI=1S/C26H21NO2/c1-2-29-26(28)24(17-27)25(22-15-7-11-18-9-3-5-13-20(18)22)23-16-8-12-19-10-4-6-14-21(19)23/h3-16,24-25H,2H2,1H3/t24-/m0/s1. The van der Waals surface area contributed by atoms with Crippen LogP contribution < -0.4 is 0 Å². The van der Waals surface area contributed by atoms with Gasteiger partial charge in [0.15, 0.2) is 5.92 Å². The van der Waals surface area contributed by atoms with Crippen LogP contribution in [0.2, 0.25) is 0 Å². The van der Waals surface area contributed by atoms with E-state index in [-0.39, 0.29) is 6.61 Å². The third kappa shape index (κ3) is 3.46. The zero-order valence-electron chi connectivity index (χ0n) is 16.2. The van der Waals surface area contributed by atoms with Gasteiger partial charge < -0.3 is 4.74 Å². The highest BCUT2D eigenvalue weighted by atomic mass is 16.5. The Labute approximate surface area is 170 Å². The lowest BCUT2D eigenvalue weighted by molar-refractivity contribution is -0.146. The van der Waals surface area contributed by atoms with Gasteiger partial charge in [-0.15, -0.1) is 0 Å². The van der Waals surface area contributed by atoms with Crippen LogP contribution in [0.3, 0.4) is 0 Å². The minimum Gasteiger partial charge on any atom is -0.465 e. The van der Waals surface area contributed by atoms with Crippen LogP contribution in [0.4, 0.5) is 0 Å². The molecule has 0 N–H and O–H groups in total. The van der Waals surface area contributed by atoms with E-state index >= 15 is 0 Å². The highest BCUT2D eigenvalue weighted by Gasteiger charge is 2.34. The van der Waals surface area contributed by atoms with Gasteiger partial charge in [0.1, 0.15) is 0 Å². The van der Waals surface area contributed by atoms with E-state index in [1.165, 1.54) is 0 Å². The number of fused-ring (bicyclic) bond motifs is 2. The van der Waals surface area contributed by atoms with E-state index in [0.29, 0.717) is 0 Å². The molecule has 0 fully saturated rings. The van der Waals surface area contributed by atoms with Crippen molar-refractivity contribution in [2.45, 2.75) is 12.8 Å². The van der Waals surface area contributed by atoms with Crippen molar-refractivity contribution < 1.29 is 9.53 Å². The Morgan fingerprint density at radius 1 is 0.828 bits per heavy atom. The number of esters is 1. The number of rotatable bonds is 5. The predicted molar refractivity (Wildman–Crippen MR) is 115 cm³/mol. The maximum Gasteiger partial charge on any atom is 0.324 e. The number of nitrogens with zero attached hydrogens (tertiary/aromatic N) is 1. The highest BCUT2D eigenvalue weighted by molar-refractivity contribution is 5.92. The summed E-state index contributed by atoms with van der Waals surface area (Å²) in [5, 5.41) is 14.2. The van der Waals surface area contributed by atoms with E-state index in [2.05, 4.69) is 6.07 Å². The van der Waals surface area contributed by atoms with Crippen LogP contribution in [0.15, 0.2) is 84.9 Å². The smallest absolute Gasteiger partial charge is 0.324 e. The molecule has 0 heterocycles. The molecule has 0 aliphatic rings. The Morgan fingerprint density at radius 3 is 1.79 bits per heavy atom. The summed E-state index contributed by atoms with van der Waals surface area (Å²) in [5.74, 6) is -1.86. The van der Waals surface area contributed by atoms with E-state index in [4.69, 9.17) is 4.74 Å². The van der Waals surface area contributed by atoms with E-state index in [9.17, 15) is 10.1 Å². The second kappa shape index (κ2) is 8.16. The van der Waals surface area contributed by atoms with Crippen LogP contribution in [-0.2, 0) is 9.53 Å². The lowest BCUT2D eigenvalue weighted by atomic mass is 9.78. The molecule has 29 heavy (non-hydrogen) atoms. The fourth-order valence-corrected chi connectivity index (χ4v) is 4.07. The van der Waals surface area contributed by atoms with Crippen LogP contribution in [0, 0.1) is 17.2 Å². The molecule has 0 spiro atoms. The Kier molecular flexibility index (Phi) is 5.27. The summed E-state index contributed by atoms with van der Waals surface area (Å²) in [5.41, 5.74) is 1.91. The molecule has 0 amide bonds. The Balaban J connectivity index is 2.02. The van der Waals surface area contributed by atoms with Crippen LogP contribution in [0.5, 0.6) is 0 Å². The van der Waals surface area contributed by atoms with Crippen molar-refractivity contribution in [1.82, 2.24) is 0 Å². The summed E-state index contributed by atoms with van der Waals surface area (Å²) < 4.78 is 5.28. The lowest BCUT2D eigenvalue weighted by Gasteiger charge is -2.24. The van der Waals surface area contributed by atoms with Crippen molar-refractivity contribution in [3.8, 4) is 6.07 Å². The molecule has 4 aromatic rings. The minimum absolute atomic E-state index is 0.245. The fourth-order valence-electron chi connectivity index (χ4n) is 4.07. The van der Waals surface area contributed by atoms with Gasteiger partial charge in [0.2, 0.25) is 0 Å². The van der Waals surface area contributed by atoms with Crippen molar-refractivity contribution in [3.05, 3.63) is 96.1 Å². The SMILES string of the molecule is CCOC(=O)[C@@H](C#N)C(c1cccc2ccccc12)c1cccc2ccccc12. The van der Waals surface area contributed by atoms with Crippen molar-refractivity contribution in [1.29, 1.82) is 5.26 Å². The fraction of sp³-hybridized carbons (Fsp3) is 0.154. The Hall–Kier alpha value is -3.64. The lowest BCUT2D eigenvalue weighted by Crippen LogP contribution is -2.24. The van der Waals surface area contributed by atoms with Gasteiger partial charge in [-0.3, -0.25) is 4.79 Å². The Morgan fingerprint density at radius 2 is 1.31 bits per heavy atom. The number of nitriles is 1. The third-order valence-corrected chi connectivity index (χ3v) is 5.33.